The van der Waals surface area contributed by atoms with Crippen molar-refractivity contribution in [2.24, 2.45) is 16.9 Å². The number of anilines is 1. The molecule has 4 aliphatic rings. The predicted octanol–water partition coefficient (Wildman–Crippen LogP) is 3.27. The van der Waals surface area contributed by atoms with Crippen molar-refractivity contribution >= 4 is 23.3 Å². The molecule has 1 amide bonds. The lowest BCUT2D eigenvalue weighted by molar-refractivity contribution is -0.148. The minimum absolute atomic E-state index is 0.00639. The van der Waals surface area contributed by atoms with Gasteiger partial charge in [-0.25, -0.2) is 4.39 Å². The number of hydrogen-bond donors (Lipinski definition) is 3. The van der Waals surface area contributed by atoms with Gasteiger partial charge in [-0.05, 0) is 62.5 Å². The van der Waals surface area contributed by atoms with Crippen LogP contribution in [-0.2, 0) is 33.9 Å². The Bertz CT molecular complexity index is 1320. The lowest BCUT2D eigenvalue weighted by Crippen LogP contribution is -2.39. The smallest absolute Gasteiger partial charge is 0.319 e. The summed E-state index contributed by atoms with van der Waals surface area (Å²) in [6, 6.07) is 3.04. The monoisotopic (exact) mass is 524 g/mol. The lowest BCUT2D eigenvalue weighted by atomic mass is 9.60. The Kier molecular flexibility index (Phi) is 6.26. The maximum absolute atomic E-state index is 15.5. The van der Waals surface area contributed by atoms with E-state index in [0.717, 1.165) is 48.2 Å². The molecule has 5 N–H and O–H groups in total. The number of halogens is 1. The van der Waals surface area contributed by atoms with E-state index in [0.29, 0.717) is 56.7 Å². The number of carbonyl (C=O) groups excluding carboxylic acids is 3. The summed E-state index contributed by atoms with van der Waals surface area (Å²) in [6.45, 7) is 0.557. The fourth-order valence-electron chi connectivity index (χ4n) is 6.84. The van der Waals surface area contributed by atoms with Crippen LogP contribution in [-0.4, -0.2) is 40.9 Å². The summed E-state index contributed by atoms with van der Waals surface area (Å²) in [5.41, 5.74) is 15.1. The van der Waals surface area contributed by atoms with Crippen LogP contribution in [0.4, 0.5) is 10.1 Å². The van der Waals surface area contributed by atoms with Crippen molar-refractivity contribution in [3.8, 4) is 5.69 Å². The van der Waals surface area contributed by atoms with Gasteiger partial charge in [0.2, 0.25) is 0 Å². The van der Waals surface area contributed by atoms with Crippen molar-refractivity contribution < 1.29 is 28.2 Å². The second kappa shape index (κ2) is 9.50. The van der Waals surface area contributed by atoms with Crippen LogP contribution in [0.2, 0.25) is 0 Å². The quantitative estimate of drug-likeness (QED) is 0.493. The number of esters is 1. The highest BCUT2D eigenvalue weighted by molar-refractivity contribution is 6.01. The molecule has 0 radical (unpaired) electrons. The molecule has 1 aromatic carbocycles. The number of benzene rings is 1. The molecule has 2 saturated carbocycles. The van der Waals surface area contributed by atoms with E-state index in [1.165, 1.54) is 6.07 Å². The number of rotatable bonds is 6. The Morgan fingerprint density at radius 2 is 1.89 bits per heavy atom. The number of primary amides is 1. The Morgan fingerprint density at radius 1 is 1.13 bits per heavy atom. The SMILES string of the molecule is NCC(=O)O[C@H]1CC[C@H](Nc2cc(-n3c4c(c5c3CC3(CCC3)CC5=O)COC4)cc(F)c2C(N)=O)CC1. The summed E-state index contributed by atoms with van der Waals surface area (Å²) >= 11 is 0. The molecule has 1 spiro atoms. The molecule has 38 heavy (non-hydrogen) atoms. The molecule has 10 heteroatoms. The second-order valence-electron chi connectivity index (χ2n) is 11.2. The Hall–Kier alpha value is -3.24. The normalized spacial score (nSPS) is 23.5. The van der Waals surface area contributed by atoms with E-state index < -0.39 is 17.7 Å². The number of Topliss-reactive ketones (excluding diaryl/α,β-unsaturated/α-hetero) is 1. The van der Waals surface area contributed by atoms with Crippen molar-refractivity contribution in [3.63, 3.8) is 0 Å². The van der Waals surface area contributed by atoms with Crippen LogP contribution in [0.1, 0.15) is 89.0 Å². The molecule has 9 nitrogen and oxygen atoms in total. The van der Waals surface area contributed by atoms with E-state index >= 15 is 4.39 Å². The Labute approximate surface area is 220 Å². The number of nitrogens with two attached hydrogens (primary N) is 2. The van der Waals surface area contributed by atoms with E-state index in [4.69, 9.17) is 20.9 Å². The first-order valence-corrected chi connectivity index (χ1v) is 13.4. The molecule has 2 fully saturated rings. The number of fused-ring (bicyclic) bond motifs is 3. The number of ketones is 1. The van der Waals surface area contributed by atoms with Crippen molar-refractivity contribution in [1.82, 2.24) is 4.57 Å². The molecule has 1 aromatic heterocycles. The van der Waals surface area contributed by atoms with Crippen molar-refractivity contribution in [3.05, 3.63) is 46.0 Å². The van der Waals surface area contributed by atoms with Gasteiger partial charge in [-0.15, -0.1) is 0 Å². The number of carbonyl (C=O) groups is 3. The maximum Gasteiger partial charge on any atom is 0.319 e. The van der Waals surface area contributed by atoms with E-state index in [2.05, 4.69) is 5.32 Å². The summed E-state index contributed by atoms with van der Waals surface area (Å²) in [5.74, 6) is -1.85. The molecule has 0 saturated heterocycles. The number of nitrogens with one attached hydrogen (secondary N) is 1. The summed E-state index contributed by atoms with van der Waals surface area (Å²) in [5, 5.41) is 3.34. The van der Waals surface area contributed by atoms with E-state index in [1.54, 1.807) is 6.07 Å². The molecule has 0 bridgehead atoms. The average Bonchev–Trinajstić information content (AvgIpc) is 3.43. The third-order valence-corrected chi connectivity index (χ3v) is 8.81. The van der Waals surface area contributed by atoms with Gasteiger partial charge in [0.25, 0.3) is 5.91 Å². The summed E-state index contributed by atoms with van der Waals surface area (Å²) < 4.78 is 28.6. The Balaban J connectivity index is 1.35. The minimum atomic E-state index is -0.853. The van der Waals surface area contributed by atoms with Crippen LogP contribution >= 0.6 is 0 Å². The first kappa shape index (κ1) is 25.1. The molecule has 2 aromatic rings. The summed E-state index contributed by atoms with van der Waals surface area (Å²) in [7, 11) is 0. The molecule has 202 valence electrons. The van der Waals surface area contributed by atoms with Gasteiger partial charge in [0.15, 0.2) is 5.78 Å². The largest absolute Gasteiger partial charge is 0.461 e. The fourth-order valence-corrected chi connectivity index (χ4v) is 6.84. The maximum atomic E-state index is 15.5. The third kappa shape index (κ3) is 4.19. The fraction of sp³-hybridized carbons (Fsp3) is 0.536. The van der Waals surface area contributed by atoms with Gasteiger partial charge in [-0.2, -0.15) is 0 Å². The average molecular weight is 525 g/mol. The summed E-state index contributed by atoms with van der Waals surface area (Å²) in [6.07, 6.45) is 6.91. The molecule has 3 aliphatic carbocycles. The van der Waals surface area contributed by atoms with Crippen LogP contribution in [0.5, 0.6) is 0 Å². The molecule has 6 rings (SSSR count). The number of aromatic nitrogens is 1. The van der Waals surface area contributed by atoms with Crippen LogP contribution in [0.25, 0.3) is 5.69 Å². The number of nitrogens with zero attached hydrogens (tertiary/aromatic N) is 1. The van der Waals surface area contributed by atoms with Gasteiger partial charge < -0.3 is 30.8 Å². The van der Waals surface area contributed by atoms with Crippen LogP contribution in [0, 0.1) is 11.2 Å². The number of amides is 1. The van der Waals surface area contributed by atoms with Gasteiger partial charge in [0, 0.05) is 29.3 Å². The zero-order valence-corrected chi connectivity index (χ0v) is 21.3. The zero-order valence-electron chi connectivity index (χ0n) is 21.3. The zero-order chi connectivity index (χ0) is 26.6. The van der Waals surface area contributed by atoms with Crippen molar-refractivity contribution in [1.29, 1.82) is 0 Å². The molecular weight excluding hydrogens is 491 g/mol. The molecule has 0 atom stereocenters. The minimum Gasteiger partial charge on any atom is -0.461 e. The van der Waals surface area contributed by atoms with E-state index in [9.17, 15) is 14.4 Å². The van der Waals surface area contributed by atoms with Gasteiger partial charge in [-0.3, -0.25) is 14.4 Å². The van der Waals surface area contributed by atoms with Crippen molar-refractivity contribution in [2.45, 2.75) is 83.1 Å². The van der Waals surface area contributed by atoms with E-state index in [1.807, 2.05) is 4.57 Å². The van der Waals surface area contributed by atoms with Gasteiger partial charge in [0.1, 0.15) is 11.9 Å². The van der Waals surface area contributed by atoms with Gasteiger partial charge in [-0.1, -0.05) is 6.42 Å². The Morgan fingerprint density at radius 3 is 2.55 bits per heavy atom. The number of ether oxygens (including phenoxy) is 2. The van der Waals surface area contributed by atoms with Crippen LogP contribution in [0.3, 0.4) is 0 Å². The van der Waals surface area contributed by atoms with Crippen LogP contribution < -0.4 is 16.8 Å². The first-order chi connectivity index (χ1) is 18.3. The van der Waals surface area contributed by atoms with E-state index in [-0.39, 0.29) is 35.5 Å². The standard InChI is InChI=1S/C28H33FN4O5/c29-19-8-16(9-20(26(19)27(31)36)32-15-2-4-17(5-3-15)38-24(35)12-30)33-21-10-28(6-1-7-28)11-23(34)25(21)18-13-37-14-22(18)33/h8-9,15,17,32H,1-7,10-14,30H2,(H2,31,36)/t15-,17-. The second-order valence-corrected chi connectivity index (χ2v) is 11.2. The highest BCUT2D eigenvalue weighted by Gasteiger charge is 2.47. The molecule has 2 heterocycles. The summed E-state index contributed by atoms with van der Waals surface area (Å²) in [4.78, 5) is 37.1. The highest BCUT2D eigenvalue weighted by Crippen LogP contribution is 2.52. The van der Waals surface area contributed by atoms with Gasteiger partial charge >= 0.3 is 5.97 Å². The molecular formula is C28H33FN4O5. The lowest BCUT2D eigenvalue weighted by Gasteiger charge is -2.44. The predicted molar refractivity (Wildman–Crippen MR) is 136 cm³/mol. The third-order valence-electron chi connectivity index (χ3n) is 8.81. The van der Waals surface area contributed by atoms with Crippen molar-refractivity contribution in [2.75, 3.05) is 11.9 Å². The van der Waals surface area contributed by atoms with Gasteiger partial charge in [0.05, 0.1) is 42.4 Å². The van der Waals surface area contributed by atoms with Crippen LogP contribution in [0.15, 0.2) is 12.1 Å². The highest BCUT2D eigenvalue weighted by atomic mass is 19.1. The molecule has 1 aliphatic heterocycles. The number of hydrogen-bond acceptors (Lipinski definition) is 7. The first-order valence-electron chi connectivity index (χ1n) is 13.4. The molecule has 0 unspecified atom stereocenters. The topological polar surface area (TPSA) is 139 Å².